The van der Waals surface area contributed by atoms with Crippen molar-refractivity contribution in [3.63, 3.8) is 0 Å². The fourth-order valence-corrected chi connectivity index (χ4v) is 4.07. The van der Waals surface area contributed by atoms with E-state index in [1.807, 2.05) is 12.1 Å². The van der Waals surface area contributed by atoms with E-state index < -0.39 is 15.8 Å². The highest BCUT2D eigenvalue weighted by molar-refractivity contribution is 7.90. The van der Waals surface area contributed by atoms with Gasteiger partial charge in [-0.2, -0.15) is 0 Å². The van der Waals surface area contributed by atoms with Gasteiger partial charge in [-0.15, -0.1) is 11.3 Å². The first-order chi connectivity index (χ1) is 10.4. The van der Waals surface area contributed by atoms with Gasteiger partial charge in [-0.3, -0.25) is 4.79 Å². The van der Waals surface area contributed by atoms with Crippen LogP contribution in [0.1, 0.15) is 16.9 Å². The van der Waals surface area contributed by atoms with Crippen LogP contribution in [0.2, 0.25) is 0 Å². The minimum absolute atomic E-state index is 0.0904. The molecule has 0 saturated carbocycles. The molecule has 1 aromatic heterocycles. The highest BCUT2D eigenvalue weighted by atomic mass is 32.2. The van der Waals surface area contributed by atoms with Crippen LogP contribution in [-0.2, 0) is 27.7 Å². The monoisotopic (exact) mass is 340 g/mol. The highest BCUT2D eigenvalue weighted by Crippen LogP contribution is 2.24. The van der Waals surface area contributed by atoms with Gasteiger partial charge in [-0.1, -0.05) is 12.1 Å². The van der Waals surface area contributed by atoms with Crippen LogP contribution in [0.3, 0.4) is 0 Å². The number of carboxylic acids is 1. The van der Waals surface area contributed by atoms with Crippen LogP contribution in [0.5, 0.6) is 5.75 Å². The number of ether oxygens (including phenoxy) is 1. The summed E-state index contributed by atoms with van der Waals surface area (Å²) in [6.07, 6.45) is 1.74. The minimum Gasteiger partial charge on any atom is -0.488 e. The topological polar surface area (TPSA) is 80.7 Å². The Bertz CT molecular complexity index is 744. The zero-order valence-electron chi connectivity index (χ0n) is 12.0. The summed E-state index contributed by atoms with van der Waals surface area (Å²) < 4.78 is 28.8. The molecule has 118 valence electrons. The third kappa shape index (κ3) is 4.57. The molecule has 0 aliphatic heterocycles. The Hall–Kier alpha value is -1.86. The standard InChI is InChI=1S/C15H16O5S2/c1-22(18,19)14-8-9-21-13(14)10-20-12-5-2-11(3-6-12)4-7-15(16)17/h2-3,5-6,8-9H,4,7,10H2,1H3,(H,16,17). The molecule has 1 heterocycles. The van der Waals surface area contributed by atoms with Crippen molar-refractivity contribution in [2.75, 3.05) is 6.26 Å². The first-order valence-corrected chi connectivity index (χ1v) is 9.33. The van der Waals surface area contributed by atoms with Crippen molar-refractivity contribution in [2.24, 2.45) is 0 Å². The van der Waals surface area contributed by atoms with Crippen molar-refractivity contribution in [2.45, 2.75) is 24.3 Å². The molecule has 22 heavy (non-hydrogen) atoms. The lowest BCUT2D eigenvalue weighted by molar-refractivity contribution is -0.136. The van der Waals surface area contributed by atoms with Crippen LogP contribution < -0.4 is 4.74 Å². The summed E-state index contributed by atoms with van der Waals surface area (Å²) in [6.45, 7) is 0.189. The van der Waals surface area contributed by atoms with Crippen LogP contribution in [0.4, 0.5) is 0 Å². The molecular weight excluding hydrogens is 324 g/mol. The molecule has 0 fully saturated rings. The molecule has 1 aromatic carbocycles. The van der Waals surface area contributed by atoms with Crippen molar-refractivity contribution < 1.29 is 23.1 Å². The highest BCUT2D eigenvalue weighted by Gasteiger charge is 2.14. The molecule has 0 aliphatic carbocycles. The van der Waals surface area contributed by atoms with Crippen LogP contribution in [0, 0.1) is 0 Å². The zero-order valence-corrected chi connectivity index (χ0v) is 13.6. The molecule has 0 amide bonds. The van der Waals surface area contributed by atoms with Crippen molar-refractivity contribution in [1.82, 2.24) is 0 Å². The second-order valence-corrected chi connectivity index (χ2v) is 7.79. The van der Waals surface area contributed by atoms with E-state index >= 15 is 0 Å². The predicted octanol–water partition coefficient (Wildman–Crippen LogP) is 2.75. The number of carbonyl (C=O) groups is 1. The van der Waals surface area contributed by atoms with Gasteiger partial charge in [0.05, 0.1) is 9.77 Å². The lowest BCUT2D eigenvalue weighted by atomic mass is 10.1. The van der Waals surface area contributed by atoms with E-state index in [4.69, 9.17) is 9.84 Å². The fourth-order valence-electron chi connectivity index (χ4n) is 1.92. The molecular formula is C15H16O5S2. The molecule has 0 radical (unpaired) electrons. The number of benzene rings is 1. The number of thiophene rings is 1. The first-order valence-electron chi connectivity index (χ1n) is 6.56. The molecule has 0 atom stereocenters. The summed E-state index contributed by atoms with van der Waals surface area (Å²) in [6, 6.07) is 8.71. The van der Waals surface area contributed by atoms with Gasteiger partial charge in [0.15, 0.2) is 9.84 Å². The quantitative estimate of drug-likeness (QED) is 0.838. The zero-order chi connectivity index (χ0) is 16.2. The van der Waals surface area contributed by atoms with Crippen LogP contribution >= 0.6 is 11.3 Å². The average molecular weight is 340 g/mol. The van der Waals surface area contributed by atoms with Crippen molar-refractivity contribution in [1.29, 1.82) is 0 Å². The van der Waals surface area contributed by atoms with Gasteiger partial charge in [0.2, 0.25) is 0 Å². The smallest absolute Gasteiger partial charge is 0.303 e. The van der Waals surface area contributed by atoms with E-state index in [1.54, 1.807) is 23.6 Å². The van der Waals surface area contributed by atoms with Gasteiger partial charge < -0.3 is 9.84 Å². The fraction of sp³-hybridized carbons (Fsp3) is 0.267. The Morgan fingerprint density at radius 1 is 1.23 bits per heavy atom. The van der Waals surface area contributed by atoms with Crippen LogP contribution in [0.25, 0.3) is 0 Å². The third-order valence-electron chi connectivity index (χ3n) is 3.02. The molecule has 7 heteroatoms. The second kappa shape index (κ2) is 6.93. The number of aliphatic carboxylic acids is 1. The summed E-state index contributed by atoms with van der Waals surface area (Å²) >= 11 is 1.34. The van der Waals surface area contributed by atoms with Crippen molar-refractivity contribution in [3.8, 4) is 5.75 Å². The number of hydrogen-bond acceptors (Lipinski definition) is 5. The average Bonchev–Trinajstić information content (AvgIpc) is 2.92. The molecule has 0 aliphatic rings. The maximum Gasteiger partial charge on any atom is 0.303 e. The van der Waals surface area contributed by atoms with Crippen molar-refractivity contribution >= 4 is 27.1 Å². The maximum absolute atomic E-state index is 11.6. The minimum atomic E-state index is -3.24. The number of carboxylic acid groups (broad SMARTS) is 1. The van der Waals surface area contributed by atoms with Crippen LogP contribution in [-0.4, -0.2) is 25.7 Å². The van der Waals surface area contributed by atoms with Gasteiger partial charge >= 0.3 is 5.97 Å². The SMILES string of the molecule is CS(=O)(=O)c1ccsc1COc1ccc(CCC(=O)O)cc1. The first kappa shape index (κ1) is 16.5. The van der Waals surface area contributed by atoms with Crippen molar-refractivity contribution in [3.05, 3.63) is 46.2 Å². The Labute approximate surface area is 133 Å². The summed E-state index contributed by atoms with van der Waals surface area (Å²) in [5.74, 6) is -0.210. The largest absolute Gasteiger partial charge is 0.488 e. The van der Waals surface area contributed by atoms with Gasteiger partial charge in [0.1, 0.15) is 12.4 Å². The third-order valence-corrected chi connectivity index (χ3v) is 5.23. The summed E-state index contributed by atoms with van der Waals surface area (Å²) in [5.41, 5.74) is 0.919. The van der Waals surface area contributed by atoms with E-state index in [0.29, 0.717) is 21.9 Å². The summed E-state index contributed by atoms with van der Waals surface area (Å²) in [4.78, 5) is 11.5. The Kier molecular flexibility index (Phi) is 5.20. The lowest BCUT2D eigenvalue weighted by Crippen LogP contribution is -2.02. The Balaban J connectivity index is 1.98. The lowest BCUT2D eigenvalue weighted by Gasteiger charge is -2.07. The van der Waals surface area contributed by atoms with Gasteiger partial charge in [0.25, 0.3) is 0 Å². The summed E-state index contributed by atoms with van der Waals surface area (Å²) in [5, 5.41) is 10.4. The van der Waals surface area contributed by atoms with Gasteiger partial charge in [-0.05, 0) is 35.6 Å². The number of hydrogen-bond donors (Lipinski definition) is 1. The maximum atomic E-state index is 11.6. The second-order valence-electron chi connectivity index (χ2n) is 4.81. The molecule has 0 spiro atoms. The molecule has 0 bridgehead atoms. The normalized spacial score (nSPS) is 11.3. The van der Waals surface area contributed by atoms with E-state index in [9.17, 15) is 13.2 Å². The molecule has 0 saturated heterocycles. The van der Waals surface area contributed by atoms with E-state index in [1.165, 1.54) is 17.6 Å². The van der Waals surface area contributed by atoms with Gasteiger partial charge in [0, 0.05) is 12.7 Å². The molecule has 2 aromatic rings. The summed E-state index contributed by atoms with van der Waals surface area (Å²) in [7, 11) is -3.24. The predicted molar refractivity (Wildman–Crippen MR) is 84.2 cm³/mol. The number of aryl methyl sites for hydroxylation is 1. The number of sulfone groups is 1. The Morgan fingerprint density at radius 3 is 2.50 bits per heavy atom. The van der Waals surface area contributed by atoms with E-state index in [0.717, 1.165) is 5.56 Å². The number of rotatable bonds is 7. The van der Waals surface area contributed by atoms with Crippen LogP contribution in [0.15, 0.2) is 40.6 Å². The molecule has 0 unspecified atom stereocenters. The molecule has 1 N–H and O–H groups in total. The van der Waals surface area contributed by atoms with E-state index in [2.05, 4.69) is 0 Å². The van der Waals surface area contributed by atoms with E-state index in [-0.39, 0.29) is 13.0 Å². The van der Waals surface area contributed by atoms with Gasteiger partial charge in [-0.25, -0.2) is 8.42 Å². The molecule has 5 nitrogen and oxygen atoms in total. The molecule has 2 rings (SSSR count). The Morgan fingerprint density at radius 2 is 1.91 bits per heavy atom.